The van der Waals surface area contributed by atoms with Gasteiger partial charge in [-0.1, -0.05) is 26.0 Å². The number of aliphatic hydroxyl groups is 1. The van der Waals surface area contributed by atoms with Gasteiger partial charge in [-0.2, -0.15) is 0 Å². The Morgan fingerprint density at radius 1 is 1.18 bits per heavy atom. The van der Waals surface area contributed by atoms with Crippen LogP contribution in [0.2, 0.25) is 0 Å². The minimum Gasteiger partial charge on any atom is -0.393 e. The number of alkyl halides is 1. The zero-order valence-corrected chi connectivity index (χ0v) is 20.1. The Balaban J connectivity index is 1.70. The quantitative estimate of drug-likeness (QED) is 0.724. The molecule has 0 saturated heterocycles. The topological polar surface area (TPSA) is 105 Å². The number of fused-ring (bicyclic) bond motifs is 3. The number of guanidine groups is 1. The second-order valence-corrected chi connectivity index (χ2v) is 11.1. The van der Waals surface area contributed by atoms with Gasteiger partial charge in [-0.3, -0.25) is 9.69 Å². The first-order valence-corrected chi connectivity index (χ1v) is 11.9. The molecule has 0 bridgehead atoms. The second kappa shape index (κ2) is 7.57. The van der Waals surface area contributed by atoms with Crippen LogP contribution in [-0.4, -0.2) is 50.2 Å². The monoisotopic (exact) mass is 465 g/mol. The number of nitrogens with two attached hydrogens (primary N) is 1. The molecule has 1 amide bonds. The van der Waals surface area contributed by atoms with E-state index >= 15 is 0 Å². The molecule has 2 spiro atoms. The summed E-state index contributed by atoms with van der Waals surface area (Å²) in [5.41, 5.74) is 6.52. The zero-order chi connectivity index (χ0) is 24.5. The lowest BCUT2D eigenvalue weighted by molar-refractivity contribution is -0.142. The third kappa shape index (κ3) is 3.26. The summed E-state index contributed by atoms with van der Waals surface area (Å²) in [6.45, 7) is 6.77. The first-order valence-electron chi connectivity index (χ1n) is 11.9. The number of carbonyl (C=O) groups is 1. The van der Waals surface area contributed by atoms with Crippen LogP contribution in [0.25, 0.3) is 11.1 Å². The predicted octanol–water partition coefficient (Wildman–Crippen LogP) is 3.21. The molecular formula is C26H32FN5O2. The molecule has 3 N–H and O–H groups in total. The van der Waals surface area contributed by atoms with Crippen LogP contribution in [0.1, 0.15) is 51.7 Å². The highest BCUT2D eigenvalue weighted by atomic mass is 19.1. The maximum absolute atomic E-state index is 14.7. The zero-order valence-electron chi connectivity index (χ0n) is 20.1. The summed E-state index contributed by atoms with van der Waals surface area (Å²) >= 11 is 0. The fourth-order valence-corrected chi connectivity index (χ4v) is 6.66. The molecule has 0 unspecified atom stereocenters. The largest absolute Gasteiger partial charge is 0.393 e. The first-order chi connectivity index (χ1) is 16.0. The van der Waals surface area contributed by atoms with Gasteiger partial charge in [0.05, 0.1) is 12.6 Å². The maximum atomic E-state index is 14.7. The van der Waals surface area contributed by atoms with Crippen LogP contribution in [0.3, 0.4) is 0 Å². The van der Waals surface area contributed by atoms with Crippen molar-refractivity contribution >= 4 is 11.9 Å². The van der Waals surface area contributed by atoms with E-state index in [9.17, 15) is 14.3 Å². The van der Waals surface area contributed by atoms with Gasteiger partial charge in [-0.25, -0.2) is 19.4 Å². The summed E-state index contributed by atoms with van der Waals surface area (Å²) in [5.74, 6) is -0.227. The lowest BCUT2D eigenvalue weighted by Crippen LogP contribution is -2.56. The van der Waals surface area contributed by atoms with E-state index in [0.717, 1.165) is 22.3 Å². The van der Waals surface area contributed by atoms with E-state index in [0.29, 0.717) is 19.3 Å². The Morgan fingerprint density at radius 2 is 1.82 bits per heavy atom. The molecule has 3 aliphatic rings. The van der Waals surface area contributed by atoms with Crippen LogP contribution < -0.4 is 5.73 Å². The Kier molecular flexibility index (Phi) is 5.10. The van der Waals surface area contributed by atoms with Crippen molar-refractivity contribution in [2.45, 2.75) is 64.3 Å². The molecule has 7 nitrogen and oxygen atoms in total. The summed E-state index contributed by atoms with van der Waals surface area (Å²) < 4.78 is 14.7. The predicted molar refractivity (Wildman–Crippen MR) is 127 cm³/mol. The highest BCUT2D eigenvalue weighted by molar-refractivity contribution is 6.08. The van der Waals surface area contributed by atoms with Gasteiger partial charge in [0.2, 0.25) is 0 Å². The van der Waals surface area contributed by atoms with E-state index < -0.39 is 22.7 Å². The van der Waals surface area contributed by atoms with Gasteiger partial charge in [0.15, 0.2) is 11.5 Å². The molecule has 2 aliphatic carbocycles. The van der Waals surface area contributed by atoms with Crippen LogP contribution in [0, 0.1) is 17.3 Å². The molecule has 1 aromatic heterocycles. The van der Waals surface area contributed by atoms with E-state index in [2.05, 4.69) is 16.0 Å². The van der Waals surface area contributed by atoms with Crippen molar-refractivity contribution in [2.24, 2.45) is 28.0 Å². The fourth-order valence-electron chi connectivity index (χ4n) is 6.66. The highest BCUT2D eigenvalue weighted by Crippen LogP contribution is 2.63. The van der Waals surface area contributed by atoms with E-state index in [1.807, 2.05) is 26.0 Å². The van der Waals surface area contributed by atoms with Gasteiger partial charge in [0.1, 0.15) is 12.0 Å². The molecule has 34 heavy (non-hydrogen) atoms. The van der Waals surface area contributed by atoms with Gasteiger partial charge in [-0.05, 0) is 67.7 Å². The van der Waals surface area contributed by atoms with E-state index in [1.54, 1.807) is 12.4 Å². The lowest BCUT2D eigenvalue weighted by Gasteiger charge is -2.49. The van der Waals surface area contributed by atoms with E-state index in [4.69, 9.17) is 10.7 Å². The number of rotatable bonds is 3. The third-order valence-electron chi connectivity index (χ3n) is 7.93. The molecule has 2 heterocycles. The Morgan fingerprint density at radius 3 is 2.44 bits per heavy atom. The number of hydrogen-bond acceptors (Lipinski definition) is 6. The maximum Gasteiger partial charge on any atom is 0.262 e. The summed E-state index contributed by atoms with van der Waals surface area (Å²) in [6.07, 6.45) is 6.43. The van der Waals surface area contributed by atoms with Crippen LogP contribution in [0.5, 0.6) is 0 Å². The third-order valence-corrected chi connectivity index (χ3v) is 7.93. The molecule has 5 atom stereocenters. The van der Waals surface area contributed by atoms with Crippen LogP contribution in [0.4, 0.5) is 4.39 Å². The van der Waals surface area contributed by atoms with Crippen molar-refractivity contribution < 1.29 is 14.3 Å². The van der Waals surface area contributed by atoms with Crippen molar-refractivity contribution in [1.29, 1.82) is 0 Å². The average molecular weight is 466 g/mol. The number of aliphatic imine (C=N–C) groups is 1. The number of aromatic nitrogens is 2. The van der Waals surface area contributed by atoms with E-state index in [1.165, 1.54) is 25.1 Å². The average Bonchev–Trinajstić information content (AvgIpc) is 3.18. The fraction of sp³-hybridized carbons (Fsp3) is 0.538. The molecule has 5 rings (SSSR count). The summed E-state index contributed by atoms with van der Waals surface area (Å²) in [4.78, 5) is 28.8. The van der Waals surface area contributed by atoms with Crippen LogP contribution >= 0.6 is 0 Å². The Bertz CT molecular complexity index is 1150. The van der Waals surface area contributed by atoms with Gasteiger partial charge in [-0.15, -0.1) is 0 Å². The smallest absolute Gasteiger partial charge is 0.262 e. The highest BCUT2D eigenvalue weighted by Gasteiger charge is 2.68. The van der Waals surface area contributed by atoms with Crippen molar-refractivity contribution in [1.82, 2.24) is 14.9 Å². The van der Waals surface area contributed by atoms with Crippen molar-refractivity contribution in [3.63, 3.8) is 0 Å². The molecule has 0 radical (unpaired) electrons. The molecule has 180 valence electrons. The SMILES string of the molecule is C[C@@H]1C[C@@]2(Cc3ccc(-c4cncnc4)cc3[C@]23N=C(N)N(CC(C)(C)F)C3=O)C[C@H](C)[C@H]1O. The molecule has 1 aromatic carbocycles. The number of aliphatic hydroxyl groups excluding tert-OH is 1. The Labute approximate surface area is 199 Å². The molecular weight excluding hydrogens is 433 g/mol. The van der Waals surface area contributed by atoms with Gasteiger partial charge in [0, 0.05) is 23.4 Å². The number of carbonyl (C=O) groups excluding carboxylic acids is 1. The Hall–Kier alpha value is -2.87. The van der Waals surface area contributed by atoms with Crippen LogP contribution in [-0.2, 0) is 16.8 Å². The first kappa shape index (κ1) is 22.9. The summed E-state index contributed by atoms with van der Waals surface area (Å²) in [7, 11) is 0. The van der Waals surface area contributed by atoms with Crippen molar-refractivity contribution in [2.75, 3.05) is 6.54 Å². The minimum atomic E-state index is -1.62. The molecule has 1 saturated carbocycles. The normalized spacial score (nSPS) is 33.0. The van der Waals surface area contributed by atoms with Crippen molar-refractivity contribution in [3.8, 4) is 11.1 Å². The standard InChI is InChI=1S/C26H32FN5O2/c1-15-8-25(9-16(2)21(15)33)10-18-6-5-17(19-11-29-14-30-12-19)7-20(18)26(25)22(34)32(23(28)31-26)13-24(3,4)27/h5-7,11-12,14-16,21,33H,8-10,13H2,1-4H3,(H2,28,31)/t15-,16+,21+,25+,26-/m1/s1. The van der Waals surface area contributed by atoms with Crippen LogP contribution in [0.15, 0.2) is 41.9 Å². The molecule has 1 aliphatic heterocycles. The van der Waals surface area contributed by atoms with E-state index in [-0.39, 0.29) is 30.2 Å². The van der Waals surface area contributed by atoms with Gasteiger partial charge >= 0.3 is 0 Å². The molecule has 2 aromatic rings. The molecule has 8 heteroatoms. The van der Waals surface area contributed by atoms with Gasteiger partial charge in [0.25, 0.3) is 5.91 Å². The summed E-state index contributed by atoms with van der Waals surface area (Å²) in [5, 5.41) is 10.7. The minimum absolute atomic E-state index is 0.00665. The summed E-state index contributed by atoms with van der Waals surface area (Å²) in [6, 6.07) is 6.07. The molecule has 1 fully saturated rings. The second-order valence-electron chi connectivity index (χ2n) is 11.1. The number of nitrogens with zero attached hydrogens (tertiary/aromatic N) is 4. The number of hydrogen-bond donors (Lipinski definition) is 2. The van der Waals surface area contributed by atoms with Crippen molar-refractivity contribution in [3.05, 3.63) is 48.0 Å². The number of halogens is 1. The van der Waals surface area contributed by atoms with Gasteiger partial charge < -0.3 is 10.8 Å². The lowest BCUT2D eigenvalue weighted by atomic mass is 9.56. The number of benzene rings is 1. The number of amides is 1.